The van der Waals surface area contributed by atoms with Gasteiger partial charge < -0.3 is 9.80 Å². The van der Waals surface area contributed by atoms with Crippen LogP contribution in [0.5, 0.6) is 0 Å². The molecular formula is C87H66N2. The number of allylic oxidation sites excluding steroid dienone is 4. The van der Waals surface area contributed by atoms with E-state index in [2.05, 4.69) is 369 Å². The van der Waals surface area contributed by atoms with Gasteiger partial charge in [0.15, 0.2) is 0 Å². The largest absolute Gasteiger partial charge is 0.312 e. The molecule has 2 aliphatic rings. The Morgan fingerprint density at radius 1 is 0.281 bits per heavy atom. The van der Waals surface area contributed by atoms with Gasteiger partial charge in [0.05, 0.1) is 11.4 Å². The Bertz CT molecular complexity index is 4580. The van der Waals surface area contributed by atoms with Crippen LogP contribution >= 0.6 is 0 Å². The summed E-state index contributed by atoms with van der Waals surface area (Å²) in [5, 5.41) is 0. The minimum atomic E-state index is -0.158. The summed E-state index contributed by atoms with van der Waals surface area (Å²) in [6, 6.07) is 122. The molecule has 2 nitrogen and oxygen atoms in total. The van der Waals surface area contributed by atoms with E-state index in [1.807, 2.05) is 0 Å². The van der Waals surface area contributed by atoms with Gasteiger partial charge in [0.2, 0.25) is 0 Å². The average Bonchev–Trinajstić information content (AvgIpc) is 1.65. The fourth-order valence-electron chi connectivity index (χ4n) is 13.6. The maximum Gasteiger partial charge on any atom is 0.0618 e. The Hall–Kier alpha value is -11.1. The van der Waals surface area contributed by atoms with E-state index in [1.54, 1.807) is 0 Å². The van der Waals surface area contributed by atoms with Gasteiger partial charge in [-0.05, 0) is 145 Å². The van der Waals surface area contributed by atoms with Crippen LogP contribution in [0.3, 0.4) is 0 Å². The molecule has 0 N–H and O–H groups in total. The predicted molar refractivity (Wildman–Crippen MR) is 377 cm³/mol. The first-order valence-corrected chi connectivity index (χ1v) is 31.1. The summed E-state index contributed by atoms with van der Waals surface area (Å²) in [6.07, 6.45) is 5.91. The van der Waals surface area contributed by atoms with Gasteiger partial charge >= 0.3 is 0 Å². The molecule has 15 rings (SSSR count). The minimum Gasteiger partial charge on any atom is -0.312 e. The lowest BCUT2D eigenvalue weighted by Crippen LogP contribution is -2.26. The third-order valence-corrected chi connectivity index (χ3v) is 18.4. The number of fused-ring (bicyclic) bond motifs is 1. The number of para-hydroxylation sites is 2. The molecule has 0 spiro atoms. The Balaban J connectivity index is 0.850. The van der Waals surface area contributed by atoms with Crippen molar-refractivity contribution in [2.75, 3.05) is 9.80 Å². The third kappa shape index (κ3) is 10.6. The lowest BCUT2D eigenvalue weighted by Gasteiger charge is -2.37. The highest BCUT2D eigenvalue weighted by atomic mass is 15.2. The molecule has 2 aliphatic carbocycles. The van der Waals surface area contributed by atoms with E-state index in [1.165, 1.54) is 117 Å². The molecular weight excluding hydrogens is 1070 g/mol. The van der Waals surface area contributed by atoms with Gasteiger partial charge in [-0.25, -0.2) is 0 Å². The van der Waals surface area contributed by atoms with Gasteiger partial charge in [0.25, 0.3) is 0 Å². The number of anilines is 5. The van der Waals surface area contributed by atoms with Crippen molar-refractivity contribution in [1.82, 2.24) is 0 Å². The molecule has 2 heteroatoms. The van der Waals surface area contributed by atoms with Crippen molar-refractivity contribution < 1.29 is 0 Å². The Kier molecular flexibility index (Phi) is 14.5. The Morgan fingerprint density at radius 2 is 0.573 bits per heavy atom. The first-order chi connectivity index (χ1) is 43.9. The van der Waals surface area contributed by atoms with Gasteiger partial charge in [-0.2, -0.15) is 0 Å². The van der Waals surface area contributed by atoms with Gasteiger partial charge in [-0.1, -0.05) is 310 Å². The molecule has 13 aromatic rings. The smallest absolute Gasteiger partial charge is 0.0618 e. The minimum absolute atomic E-state index is 0.158. The molecule has 2 unspecified atom stereocenters. The summed E-state index contributed by atoms with van der Waals surface area (Å²) in [5.41, 5.74) is 29.6. The number of benzene rings is 13. The van der Waals surface area contributed by atoms with E-state index in [0.29, 0.717) is 5.92 Å². The van der Waals surface area contributed by atoms with Crippen LogP contribution in [0.1, 0.15) is 24.5 Å². The number of hydrogen-bond acceptors (Lipinski definition) is 2. The summed E-state index contributed by atoms with van der Waals surface area (Å²) >= 11 is 0. The molecule has 0 radical (unpaired) electrons. The van der Waals surface area contributed by atoms with Crippen molar-refractivity contribution in [3.8, 4) is 89.0 Å². The van der Waals surface area contributed by atoms with Crippen molar-refractivity contribution in [2.45, 2.75) is 20.3 Å². The van der Waals surface area contributed by atoms with Crippen LogP contribution in [0.2, 0.25) is 0 Å². The van der Waals surface area contributed by atoms with Gasteiger partial charge in [-0.15, -0.1) is 0 Å². The molecule has 1 saturated carbocycles. The number of aryl methyl sites for hydroxylation is 1. The zero-order valence-corrected chi connectivity index (χ0v) is 50.1. The van der Waals surface area contributed by atoms with E-state index >= 15 is 0 Å². The lowest BCUT2D eigenvalue weighted by molar-refractivity contribution is 0.630. The molecule has 424 valence electrons. The van der Waals surface area contributed by atoms with Crippen LogP contribution in [0, 0.1) is 18.3 Å². The molecule has 89 heavy (non-hydrogen) atoms. The fraction of sp³-hybridized carbons (Fsp3) is 0.0575. The second-order valence-electron chi connectivity index (χ2n) is 23.9. The molecule has 0 amide bonds. The summed E-state index contributed by atoms with van der Waals surface area (Å²) in [5.74, 6) is 0.301. The van der Waals surface area contributed by atoms with E-state index in [4.69, 9.17) is 0 Å². The highest BCUT2D eigenvalue weighted by Gasteiger charge is 2.58. The standard InChI is InChI=1S/C87H66N2/c1-61-59-74(51-57-83(61)88(75-52-47-68(48-53-75)66-43-39-64(40-44-66)62-23-9-3-10-24-62)85-78(70-27-13-5-14-28-70)35-21-36-79(85)71-29-15-6-16-30-71)77-56-58-84(87(2)60-82(77)87)89(76-54-49-69(50-55-76)67-45-41-65(42-46-67)63-25-11-4-12-26-63)86-80(72-31-17-7-18-32-72)37-22-38-81(86)73-33-19-8-20-34-73/h3-59,82H,60H2,1-2H3. The van der Waals surface area contributed by atoms with E-state index in [9.17, 15) is 0 Å². The summed E-state index contributed by atoms with van der Waals surface area (Å²) in [4.78, 5) is 5.12. The summed E-state index contributed by atoms with van der Waals surface area (Å²) in [7, 11) is 0. The SMILES string of the molecule is Cc1cc(C2=CC=C(N(c3ccc(-c4ccc(-c5ccccc5)cc4)cc3)c3c(-c4ccccc4)cccc3-c3ccccc3)C3(C)CC23)ccc1N(c1ccc(-c2ccc(-c3ccccc3)cc2)cc1)c1c(-c2ccccc2)cccc1-c1ccccc1. The first kappa shape index (κ1) is 54.6. The normalized spacial score (nSPS) is 14.9. The number of nitrogens with zero attached hydrogens (tertiary/aromatic N) is 2. The molecule has 0 heterocycles. The second kappa shape index (κ2) is 23.7. The molecule has 13 aromatic carbocycles. The topological polar surface area (TPSA) is 6.48 Å². The summed E-state index contributed by atoms with van der Waals surface area (Å²) < 4.78 is 0. The molecule has 0 bridgehead atoms. The van der Waals surface area contributed by atoms with Crippen molar-refractivity contribution in [1.29, 1.82) is 0 Å². The molecule has 0 aliphatic heterocycles. The van der Waals surface area contributed by atoms with Crippen LogP contribution < -0.4 is 9.80 Å². The maximum absolute atomic E-state index is 2.60. The fourth-order valence-corrected chi connectivity index (χ4v) is 13.6. The maximum atomic E-state index is 2.60. The van der Waals surface area contributed by atoms with E-state index in [0.717, 1.165) is 29.2 Å². The van der Waals surface area contributed by atoms with Gasteiger partial charge in [0, 0.05) is 50.4 Å². The van der Waals surface area contributed by atoms with Crippen molar-refractivity contribution in [2.24, 2.45) is 11.3 Å². The number of hydrogen-bond donors (Lipinski definition) is 0. The molecule has 0 saturated heterocycles. The Morgan fingerprint density at radius 3 is 0.921 bits per heavy atom. The summed E-state index contributed by atoms with van der Waals surface area (Å²) in [6.45, 7) is 4.79. The van der Waals surface area contributed by atoms with Crippen LogP contribution in [-0.4, -0.2) is 0 Å². The van der Waals surface area contributed by atoms with Gasteiger partial charge in [0.1, 0.15) is 0 Å². The van der Waals surface area contributed by atoms with Crippen molar-refractivity contribution in [3.05, 3.63) is 363 Å². The average molecular weight is 1140 g/mol. The van der Waals surface area contributed by atoms with Crippen molar-refractivity contribution >= 4 is 34.0 Å². The monoisotopic (exact) mass is 1140 g/mol. The molecule has 2 atom stereocenters. The van der Waals surface area contributed by atoms with Crippen LogP contribution in [-0.2, 0) is 0 Å². The second-order valence-corrected chi connectivity index (χ2v) is 23.9. The van der Waals surface area contributed by atoms with Gasteiger partial charge in [-0.3, -0.25) is 0 Å². The van der Waals surface area contributed by atoms with Crippen molar-refractivity contribution in [3.63, 3.8) is 0 Å². The zero-order valence-electron chi connectivity index (χ0n) is 50.1. The first-order valence-electron chi connectivity index (χ1n) is 31.1. The third-order valence-electron chi connectivity index (χ3n) is 18.4. The van der Waals surface area contributed by atoms with E-state index < -0.39 is 0 Å². The van der Waals surface area contributed by atoms with E-state index in [-0.39, 0.29) is 5.41 Å². The Labute approximate surface area is 524 Å². The number of rotatable bonds is 15. The molecule has 1 fully saturated rings. The van der Waals surface area contributed by atoms with Crippen LogP contribution in [0.15, 0.2) is 351 Å². The van der Waals surface area contributed by atoms with Crippen LogP contribution in [0.25, 0.3) is 94.6 Å². The van der Waals surface area contributed by atoms with Crippen LogP contribution in [0.4, 0.5) is 28.4 Å². The predicted octanol–water partition coefficient (Wildman–Crippen LogP) is 23.9. The highest BCUT2D eigenvalue weighted by molar-refractivity contribution is 6.00. The lowest BCUT2D eigenvalue weighted by atomic mass is 9.85. The zero-order chi connectivity index (χ0) is 59.7. The highest BCUT2D eigenvalue weighted by Crippen LogP contribution is 2.67. The molecule has 0 aromatic heterocycles. The quantitative estimate of drug-likeness (QED) is 0.101.